The van der Waals surface area contributed by atoms with Gasteiger partial charge in [0.25, 0.3) is 5.56 Å². The third kappa shape index (κ3) is 3.64. The number of pyridine rings is 1. The lowest BCUT2D eigenvalue weighted by Crippen LogP contribution is -2.36. The Hall–Kier alpha value is -3.36. The van der Waals surface area contributed by atoms with E-state index in [1.807, 2.05) is 30.3 Å². The van der Waals surface area contributed by atoms with Crippen LogP contribution in [-0.4, -0.2) is 61.7 Å². The summed E-state index contributed by atoms with van der Waals surface area (Å²) in [5.74, 6) is 0. The number of H-pyrrole nitrogens is 1. The Balaban J connectivity index is 1.53. The first-order chi connectivity index (χ1) is 15.1. The molecule has 5 rings (SSSR count). The smallest absolute Gasteiger partial charge is 0.414 e. The minimum absolute atomic E-state index is 0.225. The van der Waals surface area contributed by atoms with Crippen molar-refractivity contribution in [1.82, 2.24) is 4.98 Å². The number of aromatic nitrogens is 1. The fourth-order valence-electron chi connectivity index (χ4n) is 4.17. The fourth-order valence-corrected chi connectivity index (χ4v) is 4.17. The predicted octanol–water partition coefficient (Wildman–Crippen LogP) is 2.35. The van der Waals surface area contributed by atoms with Crippen molar-refractivity contribution in [1.29, 1.82) is 0 Å². The molecule has 0 saturated carbocycles. The summed E-state index contributed by atoms with van der Waals surface area (Å²) in [5, 5.41) is 10.5. The minimum atomic E-state index is -0.555. The number of anilines is 2. The number of carbonyl (C=O) groups excluding carboxylic acids is 1. The number of hydrogen-bond donors (Lipinski definition) is 2. The van der Waals surface area contributed by atoms with Crippen molar-refractivity contribution < 1.29 is 19.4 Å². The van der Waals surface area contributed by atoms with E-state index in [1.54, 1.807) is 12.1 Å². The van der Waals surface area contributed by atoms with E-state index in [2.05, 4.69) is 16.0 Å². The molecule has 0 unspecified atom stereocenters. The molecule has 0 spiro atoms. The van der Waals surface area contributed by atoms with E-state index in [0.717, 1.165) is 35.4 Å². The maximum atomic E-state index is 13.0. The SMILES string of the molecule is O=C1O[C@H](CO)CN1c1ccc2cc(-c3ccccc3N3CCOCC3)[nH]c(=O)c2c1. The van der Waals surface area contributed by atoms with E-state index in [9.17, 15) is 14.7 Å². The van der Waals surface area contributed by atoms with E-state index in [-0.39, 0.29) is 18.7 Å². The largest absolute Gasteiger partial charge is 0.441 e. The van der Waals surface area contributed by atoms with Crippen LogP contribution in [0, 0.1) is 0 Å². The Morgan fingerprint density at radius 3 is 2.65 bits per heavy atom. The van der Waals surface area contributed by atoms with E-state index in [1.165, 1.54) is 4.90 Å². The molecule has 2 saturated heterocycles. The van der Waals surface area contributed by atoms with Crippen molar-refractivity contribution in [2.45, 2.75) is 6.10 Å². The van der Waals surface area contributed by atoms with Gasteiger partial charge in [-0.2, -0.15) is 0 Å². The van der Waals surface area contributed by atoms with Crippen molar-refractivity contribution in [3.05, 3.63) is 58.9 Å². The van der Waals surface area contributed by atoms with Crippen LogP contribution in [0.3, 0.4) is 0 Å². The number of fused-ring (bicyclic) bond motifs is 1. The molecule has 0 bridgehead atoms. The highest BCUT2D eigenvalue weighted by molar-refractivity contribution is 5.95. The molecule has 3 heterocycles. The fraction of sp³-hybridized carbons (Fsp3) is 0.304. The van der Waals surface area contributed by atoms with Crippen molar-refractivity contribution in [3.63, 3.8) is 0 Å². The monoisotopic (exact) mass is 421 g/mol. The Labute approximate surface area is 178 Å². The number of aliphatic hydroxyl groups is 1. The van der Waals surface area contributed by atoms with Crippen LogP contribution in [0.5, 0.6) is 0 Å². The van der Waals surface area contributed by atoms with Crippen LogP contribution in [0.15, 0.2) is 53.3 Å². The van der Waals surface area contributed by atoms with Crippen LogP contribution < -0.4 is 15.4 Å². The number of para-hydroxylation sites is 1. The molecule has 0 radical (unpaired) electrons. The number of aromatic amines is 1. The van der Waals surface area contributed by atoms with Crippen molar-refractivity contribution in [2.75, 3.05) is 49.3 Å². The van der Waals surface area contributed by atoms with Gasteiger partial charge in [0.2, 0.25) is 0 Å². The van der Waals surface area contributed by atoms with E-state index in [0.29, 0.717) is 24.3 Å². The van der Waals surface area contributed by atoms with Gasteiger partial charge in [-0.1, -0.05) is 24.3 Å². The Morgan fingerprint density at radius 2 is 1.87 bits per heavy atom. The summed E-state index contributed by atoms with van der Waals surface area (Å²) in [4.78, 5) is 31.8. The summed E-state index contributed by atoms with van der Waals surface area (Å²) in [6.07, 6.45) is -1.08. The molecule has 1 aromatic heterocycles. The molecule has 2 N–H and O–H groups in total. The highest BCUT2D eigenvalue weighted by atomic mass is 16.6. The molecule has 1 amide bonds. The number of nitrogens with one attached hydrogen (secondary N) is 1. The number of carbonyl (C=O) groups is 1. The minimum Gasteiger partial charge on any atom is -0.441 e. The number of aliphatic hydroxyl groups excluding tert-OH is 1. The molecule has 3 aromatic rings. The quantitative estimate of drug-likeness (QED) is 0.672. The van der Waals surface area contributed by atoms with Gasteiger partial charge in [0, 0.05) is 35.4 Å². The molecular formula is C23H23N3O5. The number of amides is 1. The second kappa shape index (κ2) is 8.05. The van der Waals surface area contributed by atoms with Crippen LogP contribution in [-0.2, 0) is 9.47 Å². The first-order valence-electron chi connectivity index (χ1n) is 10.3. The van der Waals surface area contributed by atoms with Crippen molar-refractivity contribution >= 4 is 28.2 Å². The van der Waals surface area contributed by atoms with Crippen LogP contribution in [0.25, 0.3) is 22.0 Å². The Morgan fingerprint density at radius 1 is 1.06 bits per heavy atom. The number of nitrogens with zero attached hydrogens (tertiary/aromatic N) is 2. The first-order valence-corrected chi connectivity index (χ1v) is 10.3. The predicted molar refractivity (Wildman–Crippen MR) is 118 cm³/mol. The standard InChI is InChI=1S/C23H23N3O5/c27-14-17-13-26(23(29)31-17)16-6-5-15-11-20(24-22(28)19(15)12-16)18-3-1-2-4-21(18)25-7-9-30-10-8-25/h1-6,11-12,17,27H,7-10,13-14H2,(H,24,28)/t17-/m0/s1. The summed E-state index contributed by atoms with van der Waals surface area (Å²) in [6, 6.07) is 15.3. The Bertz CT molecular complexity index is 1190. The summed E-state index contributed by atoms with van der Waals surface area (Å²) < 4.78 is 10.6. The maximum absolute atomic E-state index is 13.0. The number of hydrogen-bond acceptors (Lipinski definition) is 6. The van der Waals surface area contributed by atoms with Gasteiger partial charge in [-0.15, -0.1) is 0 Å². The second-order valence-electron chi connectivity index (χ2n) is 7.70. The lowest BCUT2D eigenvalue weighted by molar-refractivity contribution is 0.0963. The van der Waals surface area contributed by atoms with Crippen molar-refractivity contribution in [2.24, 2.45) is 0 Å². The summed E-state index contributed by atoms with van der Waals surface area (Å²) in [7, 11) is 0. The molecule has 2 aliphatic rings. The molecule has 2 aromatic carbocycles. The van der Waals surface area contributed by atoms with Gasteiger partial charge in [-0.3, -0.25) is 9.69 Å². The zero-order valence-corrected chi connectivity index (χ0v) is 16.9. The van der Waals surface area contributed by atoms with Gasteiger partial charge in [0.1, 0.15) is 6.10 Å². The van der Waals surface area contributed by atoms with Crippen LogP contribution in [0.2, 0.25) is 0 Å². The average Bonchev–Trinajstić information content (AvgIpc) is 3.20. The maximum Gasteiger partial charge on any atom is 0.414 e. The highest BCUT2D eigenvalue weighted by Crippen LogP contribution is 2.32. The van der Waals surface area contributed by atoms with Gasteiger partial charge < -0.3 is 24.5 Å². The molecule has 2 aliphatic heterocycles. The van der Waals surface area contributed by atoms with E-state index in [4.69, 9.17) is 9.47 Å². The van der Waals surface area contributed by atoms with E-state index < -0.39 is 12.2 Å². The van der Waals surface area contributed by atoms with Gasteiger partial charge in [-0.25, -0.2) is 4.79 Å². The van der Waals surface area contributed by atoms with Gasteiger partial charge >= 0.3 is 6.09 Å². The van der Waals surface area contributed by atoms with Gasteiger partial charge in [0.15, 0.2) is 0 Å². The van der Waals surface area contributed by atoms with Gasteiger partial charge in [-0.05, 0) is 29.7 Å². The summed E-state index contributed by atoms with van der Waals surface area (Å²) >= 11 is 0. The average molecular weight is 421 g/mol. The van der Waals surface area contributed by atoms with Crippen LogP contribution in [0.1, 0.15) is 0 Å². The molecule has 2 fully saturated rings. The van der Waals surface area contributed by atoms with E-state index >= 15 is 0 Å². The number of morpholine rings is 1. The first kappa shape index (κ1) is 19.6. The Kier molecular flexibility index (Phi) is 5.09. The summed E-state index contributed by atoms with van der Waals surface area (Å²) in [5.41, 5.74) is 3.11. The third-order valence-electron chi connectivity index (χ3n) is 5.76. The number of rotatable bonds is 4. The second-order valence-corrected chi connectivity index (χ2v) is 7.70. The normalized spacial score (nSPS) is 19.1. The zero-order valence-electron chi connectivity index (χ0n) is 16.9. The van der Waals surface area contributed by atoms with Crippen LogP contribution >= 0.6 is 0 Å². The number of cyclic esters (lactones) is 1. The lowest BCUT2D eigenvalue weighted by atomic mass is 10.0. The van der Waals surface area contributed by atoms with Crippen LogP contribution in [0.4, 0.5) is 16.2 Å². The number of ether oxygens (including phenoxy) is 2. The molecule has 8 nitrogen and oxygen atoms in total. The lowest BCUT2D eigenvalue weighted by Gasteiger charge is -2.30. The molecule has 0 aliphatic carbocycles. The summed E-state index contributed by atoms with van der Waals surface area (Å²) in [6.45, 7) is 2.99. The molecular weight excluding hydrogens is 398 g/mol. The zero-order chi connectivity index (χ0) is 21.4. The molecule has 8 heteroatoms. The molecule has 160 valence electrons. The highest BCUT2D eigenvalue weighted by Gasteiger charge is 2.32. The topological polar surface area (TPSA) is 95.1 Å². The number of benzene rings is 2. The molecule has 1 atom stereocenters. The van der Waals surface area contributed by atoms with Crippen molar-refractivity contribution in [3.8, 4) is 11.3 Å². The van der Waals surface area contributed by atoms with Gasteiger partial charge in [0.05, 0.1) is 32.1 Å². The molecule has 31 heavy (non-hydrogen) atoms. The third-order valence-corrected chi connectivity index (χ3v) is 5.76.